The van der Waals surface area contributed by atoms with Crippen LogP contribution in [0.25, 0.3) is 0 Å². The van der Waals surface area contributed by atoms with E-state index in [2.05, 4.69) is 9.17 Å². The molecule has 1 aromatic rings. The maximum absolute atomic E-state index is 10.7. The Morgan fingerprint density at radius 3 is 2.21 bits per heavy atom. The first-order valence-corrected chi connectivity index (χ1v) is 5.97. The third-order valence-electron chi connectivity index (χ3n) is 1.58. The fourth-order valence-electron chi connectivity index (χ4n) is 1.18. The molecule has 0 radical (unpaired) electrons. The first-order chi connectivity index (χ1) is 6.37. The monoisotopic (exact) mass is 215 g/mol. The van der Waals surface area contributed by atoms with Crippen molar-refractivity contribution in [3.8, 4) is 0 Å². The minimum Gasteiger partial charge on any atom is -0.265 e. The number of aryl methyl sites for hydroxylation is 2. The standard InChI is InChI=1S/C9H13NO3S/c1-7-4-9(5-8(2)10-7)6-13-14(3,11)12/h4-5H,6H2,1-3H3. The molecule has 0 aromatic carbocycles. The van der Waals surface area contributed by atoms with E-state index in [9.17, 15) is 8.42 Å². The van der Waals surface area contributed by atoms with Crippen LogP contribution in [-0.2, 0) is 20.9 Å². The van der Waals surface area contributed by atoms with Gasteiger partial charge in [0.2, 0.25) is 0 Å². The van der Waals surface area contributed by atoms with Gasteiger partial charge in [-0.1, -0.05) is 0 Å². The molecule has 0 atom stereocenters. The Hall–Kier alpha value is -0.940. The molecule has 0 spiro atoms. The Kier molecular flexibility index (Phi) is 3.23. The third kappa shape index (κ3) is 3.85. The fraction of sp³-hybridized carbons (Fsp3) is 0.444. The predicted octanol–water partition coefficient (Wildman–Crippen LogP) is 1.17. The Morgan fingerprint density at radius 2 is 1.79 bits per heavy atom. The third-order valence-corrected chi connectivity index (χ3v) is 2.13. The Bertz CT molecular complexity index is 405. The van der Waals surface area contributed by atoms with Crippen molar-refractivity contribution in [3.63, 3.8) is 0 Å². The number of pyridine rings is 1. The van der Waals surface area contributed by atoms with E-state index >= 15 is 0 Å². The molecule has 5 heteroatoms. The van der Waals surface area contributed by atoms with Crippen molar-refractivity contribution in [3.05, 3.63) is 29.1 Å². The van der Waals surface area contributed by atoms with Gasteiger partial charge in [-0.15, -0.1) is 0 Å². The van der Waals surface area contributed by atoms with Crippen LogP contribution in [0.15, 0.2) is 12.1 Å². The molecule has 14 heavy (non-hydrogen) atoms. The van der Waals surface area contributed by atoms with Gasteiger partial charge in [-0.3, -0.25) is 9.17 Å². The molecule has 1 heterocycles. The molecule has 0 saturated carbocycles. The van der Waals surface area contributed by atoms with Crippen LogP contribution in [0.3, 0.4) is 0 Å². The molecule has 0 aliphatic carbocycles. The Labute approximate surface area is 84.1 Å². The lowest BCUT2D eigenvalue weighted by atomic mass is 10.2. The van der Waals surface area contributed by atoms with Gasteiger partial charge in [0.1, 0.15) is 0 Å². The summed E-state index contributed by atoms with van der Waals surface area (Å²) in [7, 11) is -3.37. The van der Waals surface area contributed by atoms with Crippen molar-refractivity contribution < 1.29 is 12.6 Å². The van der Waals surface area contributed by atoms with Crippen LogP contribution in [0, 0.1) is 13.8 Å². The molecule has 0 N–H and O–H groups in total. The lowest BCUT2D eigenvalue weighted by molar-refractivity contribution is 0.311. The molecule has 78 valence electrons. The molecule has 0 fully saturated rings. The normalized spacial score (nSPS) is 11.6. The average Bonchev–Trinajstić information content (AvgIpc) is 1.97. The van der Waals surface area contributed by atoms with Gasteiger partial charge in [-0.2, -0.15) is 8.42 Å². The van der Waals surface area contributed by atoms with Crippen molar-refractivity contribution in [2.45, 2.75) is 20.5 Å². The Morgan fingerprint density at radius 1 is 1.29 bits per heavy atom. The molecule has 1 rings (SSSR count). The largest absolute Gasteiger partial charge is 0.265 e. The second-order valence-electron chi connectivity index (χ2n) is 3.22. The molecule has 4 nitrogen and oxygen atoms in total. The van der Waals surface area contributed by atoms with Crippen LogP contribution < -0.4 is 0 Å². The SMILES string of the molecule is Cc1cc(COS(C)(=O)=O)cc(C)n1. The summed E-state index contributed by atoms with van der Waals surface area (Å²) >= 11 is 0. The van der Waals surface area contributed by atoms with Crippen LogP contribution in [0.1, 0.15) is 17.0 Å². The van der Waals surface area contributed by atoms with Gasteiger partial charge >= 0.3 is 0 Å². The highest BCUT2D eigenvalue weighted by atomic mass is 32.2. The van der Waals surface area contributed by atoms with E-state index < -0.39 is 10.1 Å². The quantitative estimate of drug-likeness (QED) is 0.710. The predicted molar refractivity (Wildman–Crippen MR) is 53.3 cm³/mol. The molecule has 0 aliphatic rings. The minimum absolute atomic E-state index is 0.0725. The molecular weight excluding hydrogens is 202 g/mol. The Balaban J connectivity index is 2.78. The van der Waals surface area contributed by atoms with Crippen molar-refractivity contribution >= 4 is 10.1 Å². The highest BCUT2D eigenvalue weighted by molar-refractivity contribution is 7.85. The topological polar surface area (TPSA) is 56.3 Å². The van der Waals surface area contributed by atoms with Gasteiger partial charge in [-0.25, -0.2) is 0 Å². The molecule has 0 unspecified atom stereocenters. The van der Waals surface area contributed by atoms with E-state index in [0.29, 0.717) is 0 Å². The van der Waals surface area contributed by atoms with E-state index in [0.717, 1.165) is 23.2 Å². The molecule has 0 aliphatic heterocycles. The summed E-state index contributed by atoms with van der Waals surface area (Å²) in [6.07, 6.45) is 1.04. The lowest BCUT2D eigenvalue weighted by Gasteiger charge is -2.03. The van der Waals surface area contributed by atoms with Crippen molar-refractivity contribution in [1.82, 2.24) is 4.98 Å². The van der Waals surface area contributed by atoms with Gasteiger partial charge in [0, 0.05) is 11.4 Å². The van der Waals surface area contributed by atoms with Crippen LogP contribution in [-0.4, -0.2) is 19.7 Å². The maximum Gasteiger partial charge on any atom is 0.264 e. The number of aromatic nitrogens is 1. The molecule has 0 saturated heterocycles. The zero-order valence-corrected chi connectivity index (χ0v) is 9.26. The number of hydrogen-bond donors (Lipinski definition) is 0. The summed E-state index contributed by atoms with van der Waals surface area (Å²) < 4.78 is 26.1. The van der Waals surface area contributed by atoms with E-state index in [4.69, 9.17) is 0 Å². The van der Waals surface area contributed by atoms with Crippen LogP contribution in [0.4, 0.5) is 0 Å². The maximum atomic E-state index is 10.7. The van der Waals surface area contributed by atoms with Crippen LogP contribution in [0.2, 0.25) is 0 Å². The lowest BCUT2D eigenvalue weighted by Crippen LogP contribution is -2.03. The van der Waals surface area contributed by atoms with E-state index in [-0.39, 0.29) is 6.61 Å². The van der Waals surface area contributed by atoms with Crippen LogP contribution in [0.5, 0.6) is 0 Å². The van der Waals surface area contributed by atoms with Gasteiger partial charge in [0.05, 0.1) is 12.9 Å². The summed E-state index contributed by atoms with van der Waals surface area (Å²) in [6, 6.07) is 3.61. The number of rotatable bonds is 3. The van der Waals surface area contributed by atoms with Gasteiger partial charge in [-0.05, 0) is 31.5 Å². The van der Waals surface area contributed by atoms with E-state index in [1.54, 1.807) is 12.1 Å². The van der Waals surface area contributed by atoms with E-state index in [1.807, 2.05) is 13.8 Å². The van der Waals surface area contributed by atoms with E-state index in [1.165, 1.54) is 0 Å². The minimum atomic E-state index is -3.37. The second-order valence-corrected chi connectivity index (χ2v) is 4.87. The zero-order valence-electron chi connectivity index (χ0n) is 8.44. The first-order valence-electron chi connectivity index (χ1n) is 4.15. The smallest absolute Gasteiger partial charge is 0.264 e. The zero-order chi connectivity index (χ0) is 10.8. The van der Waals surface area contributed by atoms with Crippen molar-refractivity contribution in [2.75, 3.05) is 6.26 Å². The summed E-state index contributed by atoms with van der Waals surface area (Å²) in [5.41, 5.74) is 2.54. The van der Waals surface area contributed by atoms with Gasteiger partial charge in [0.25, 0.3) is 10.1 Å². The van der Waals surface area contributed by atoms with Crippen molar-refractivity contribution in [2.24, 2.45) is 0 Å². The second kappa shape index (κ2) is 4.06. The molecular formula is C9H13NO3S. The van der Waals surface area contributed by atoms with Gasteiger partial charge < -0.3 is 0 Å². The summed E-state index contributed by atoms with van der Waals surface area (Å²) in [5.74, 6) is 0. The fourth-order valence-corrected chi connectivity index (χ4v) is 1.53. The highest BCUT2D eigenvalue weighted by Crippen LogP contribution is 2.07. The summed E-state index contributed by atoms with van der Waals surface area (Å²) in [6.45, 7) is 3.79. The first kappa shape index (κ1) is 11.1. The van der Waals surface area contributed by atoms with Crippen LogP contribution >= 0.6 is 0 Å². The van der Waals surface area contributed by atoms with Gasteiger partial charge in [0.15, 0.2) is 0 Å². The summed E-state index contributed by atoms with van der Waals surface area (Å²) in [5, 5.41) is 0. The highest BCUT2D eigenvalue weighted by Gasteiger charge is 2.03. The van der Waals surface area contributed by atoms with Crippen molar-refractivity contribution in [1.29, 1.82) is 0 Å². The number of nitrogens with zero attached hydrogens (tertiary/aromatic N) is 1. The number of hydrogen-bond acceptors (Lipinski definition) is 4. The average molecular weight is 215 g/mol. The molecule has 0 amide bonds. The molecule has 0 bridgehead atoms. The summed E-state index contributed by atoms with van der Waals surface area (Å²) in [4.78, 5) is 4.17. The molecule has 1 aromatic heterocycles.